The van der Waals surface area contributed by atoms with Crippen LogP contribution in [0.15, 0.2) is 47.5 Å². The van der Waals surface area contributed by atoms with Gasteiger partial charge in [0.2, 0.25) is 11.8 Å². The van der Waals surface area contributed by atoms with Crippen molar-refractivity contribution >= 4 is 32.5 Å². The number of fused-ring (bicyclic) bond motifs is 1. The van der Waals surface area contributed by atoms with Gasteiger partial charge in [0.15, 0.2) is 0 Å². The molecule has 1 aromatic carbocycles. The Bertz CT molecular complexity index is 1350. The van der Waals surface area contributed by atoms with Gasteiger partial charge in [0.25, 0.3) is 10.0 Å². The number of rotatable bonds is 8. The molecule has 180 valence electrons. The third kappa shape index (κ3) is 4.57. The number of hydrogen-bond acceptors (Lipinski definition) is 7. The molecule has 0 saturated heterocycles. The van der Waals surface area contributed by atoms with E-state index in [-0.39, 0.29) is 10.8 Å². The highest BCUT2D eigenvalue weighted by molar-refractivity contribution is 7.90. The Kier molecular flexibility index (Phi) is 6.24. The van der Waals surface area contributed by atoms with E-state index in [1.807, 2.05) is 45.8 Å². The Morgan fingerprint density at radius 1 is 1.21 bits per heavy atom. The molecule has 1 aliphatic rings. The molecule has 0 aliphatic heterocycles. The van der Waals surface area contributed by atoms with Gasteiger partial charge in [0.1, 0.15) is 0 Å². The molecule has 0 spiro atoms. The van der Waals surface area contributed by atoms with Crippen LogP contribution >= 0.6 is 0 Å². The van der Waals surface area contributed by atoms with E-state index in [4.69, 9.17) is 4.74 Å². The highest BCUT2D eigenvalue weighted by atomic mass is 32.2. The molecule has 9 heteroatoms. The molecule has 1 aliphatic carbocycles. The quantitative estimate of drug-likeness (QED) is 0.524. The number of benzene rings is 1. The van der Waals surface area contributed by atoms with E-state index in [0.717, 1.165) is 11.4 Å². The van der Waals surface area contributed by atoms with E-state index < -0.39 is 21.3 Å². The Hall–Kier alpha value is -3.20. The van der Waals surface area contributed by atoms with E-state index in [1.165, 1.54) is 6.07 Å². The van der Waals surface area contributed by atoms with Gasteiger partial charge in [-0.25, -0.2) is 18.1 Å². The van der Waals surface area contributed by atoms with Crippen molar-refractivity contribution in [3.05, 3.63) is 53.9 Å². The fourth-order valence-electron chi connectivity index (χ4n) is 3.87. The number of sulfonamides is 1. The summed E-state index contributed by atoms with van der Waals surface area (Å²) >= 11 is 0. The summed E-state index contributed by atoms with van der Waals surface area (Å²) in [6.45, 7) is 6.34. The SMILES string of the molecule is Cc1ccc2c(S(=O)(=O)NC(=O)C3(c4cc(N(C)C)cnc4OCC(C)C)CC3)cccc2n1. The van der Waals surface area contributed by atoms with Crippen LogP contribution in [0.25, 0.3) is 10.9 Å². The molecule has 4 rings (SSSR count). The minimum Gasteiger partial charge on any atom is -0.477 e. The molecule has 0 atom stereocenters. The van der Waals surface area contributed by atoms with Crippen LogP contribution in [0.3, 0.4) is 0 Å². The Labute approximate surface area is 200 Å². The van der Waals surface area contributed by atoms with Gasteiger partial charge in [-0.1, -0.05) is 19.9 Å². The summed E-state index contributed by atoms with van der Waals surface area (Å²) < 4.78 is 34.9. The molecular formula is C25H30N4O4S. The average Bonchev–Trinajstić information content (AvgIpc) is 3.58. The minimum absolute atomic E-state index is 0.0260. The topological polar surface area (TPSA) is 101 Å². The maximum atomic E-state index is 13.5. The summed E-state index contributed by atoms with van der Waals surface area (Å²) in [5.41, 5.74) is 1.76. The van der Waals surface area contributed by atoms with Gasteiger partial charge in [0.05, 0.1) is 34.3 Å². The van der Waals surface area contributed by atoms with E-state index in [1.54, 1.807) is 30.5 Å². The number of ether oxygens (including phenoxy) is 1. The molecule has 1 N–H and O–H groups in total. The van der Waals surface area contributed by atoms with Gasteiger partial charge in [-0.05, 0) is 56.0 Å². The number of anilines is 1. The van der Waals surface area contributed by atoms with Gasteiger partial charge < -0.3 is 9.64 Å². The van der Waals surface area contributed by atoms with Crippen molar-refractivity contribution < 1.29 is 17.9 Å². The zero-order chi connectivity index (χ0) is 24.7. The zero-order valence-corrected chi connectivity index (χ0v) is 20.9. The molecule has 8 nitrogen and oxygen atoms in total. The maximum Gasteiger partial charge on any atom is 0.264 e. The predicted molar refractivity (Wildman–Crippen MR) is 132 cm³/mol. The van der Waals surface area contributed by atoms with Crippen LogP contribution in [0, 0.1) is 12.8 Å². The van der Waals surface area contributed by atoms with E-state index in [0.29, 0.717) is 41.8 Å². The zero-order valence-electron chi connectivity index (χ0n) is 20.1. The first-order valence-corrected chi connectivity index (χ1v) is 12.8. The maximum absolute atomic E-state index is 13.5. The van der Waals surface area contributed by atoms with Gasteiger partial charge in [-0.3, -0.25) is 9.78 Å². The fourth-order valence-corrected chi connectivity index (χ4v) is 5.14. The van der Waals surface area contributed by atoms with E-state index >= 15 is 0 Å². The van der Waals surface area contributed by atoms with Crippen LogP contribution in [0.1, 0.15) is 37.9 Å². The molecule has 1 saturated carbocycles. The van der Waals surface area contributed by atoms with Crippen molar-refractivity contribution in [1.29, 1.82) is 0 Å². The van der Waals surface area contributed by atoms with Crippen LogP contribution < -0.4 is 14.4 Å². The van der Waals surface area contributed by atoms with Crippen molar-refractivity contribution in [3.8, 4) is 5.88 Å². The lowest BCUT2D eigenvalue weighted by Gasteiger charge is -2.22. The first kappa shape index (κ1) is 23.9. The highest BCUT2D eigenvalue weighted by Gasteiger charge is 2.54. The minimum atomic E-state index is -4.13. The number of nitrogens with zero attached hydrogens (tertiary/aromatic N) is 3. The Balaban J connectivity index is 1.69. The summed E-state index contributed by atoms with van der Waals surface area (Å²) in [6.07, 6.45) is 2.72. The summed E-state index contributed by atoms with van der Waals surface area (Å²) in [7, 11) is -0.357. The van der Waals surface area contributed by atoms with Gasteiger partial charge in [0, 0.05) is 30.7 Å². The van der Waals surface area contributed by atoms with Crippen LogP contribution in [0.4, 0.5) is 5.69 Å². The Morgan fingerprint density at radius 3 is 2.59 bits per heavy atom. The van der Waals surface area contributed by atoms with Crippen molar-refractivity contribution in [2.75, 3.05) is 25.6 Å². The summed E-state index contributed by atoms with van der Waals surface area (Å²) in [6, 6.07) is 10.2. The third-order valence-corrected chi connectivity index (χ3v) is 7.34. The van der Waals surface area contributed by atoms with E-state index in [2.05, 4.69) is 14.7 Å². The normalized spacial score (nSPS) is 14.8. The number of carbonyl (C=O) groups is 1. The van der Waals surface area contributed by atoms with Crippen LogP contribution in [-0.4, -0.2) is 45.0 Å². The first-order valence-electron chi connectivity index (χ1n) is 11.3. The lowest BCUT2D eigenvalue weighted by atomic mass is 9.96. The van der Waals surface area contributed by atoms with Crippen molar-refractivity contribution in [3.63, 3.8) is 0 Å². The number of aromatic nitrogens is 2. The Morgan fingerprint density at radius 2 is 1.94 bits per heavy atom. The van der Waals surface area contributed by atoms with Crippen LogP contribution in [0.5, 0.6) is 5.88 Å². The molecule has 1 amide bonds. The van der Waals surface area contributed by atoms with Crippen molar-refractivity contribution in [1.82, 2.24) is 14.7 Å². The summed E-state index contributed by atoms with van der Waals surface area (Å²) in [4.78, 5) is 24.3. The molecule has 0 bridgehead atoms. The molecule has 1 fully saturated rings. The predicted octanol–water partition coefficient (Wildman–Crippen LogP) is 3.58. The standard InChI is InChI=1S/C25H30N4O4S/c1-16(2)15-33-23-20(13-18(14-26-23)29(4)5)25(11-12-25)24(30)28-34(31,32)22-8-6-7-21-19(22)10-9-17(3)27-21/h6-10,13-14,16H,11-12,15H2,1-5H3,(H,28,30). The lowest BCUT2D eigenvalue weighted by Crippen LogP contribution is -2.39. The fraction of sp³-hybridized carbons (Fsp3) is 0.400. The molecule has 34 heavy (non-hydrogen) atoms. The molecular weight excluding hydrogens is 452 g/mol. The highest BCUT2D eigenvalue weighted by Crippen LogP contribution is 2.52. The van der Waals surface area contributed by atoms with Crippen LogP contribution in [0.2, 0.25) is 0 Å². The number of hydrogen-bond donors (Lipinski definition) is 1. The van der Waals surface area contributed by atoms with E-state index in [9.17, 15) is 13.2 Å². The molecule has 2 aromatic heterocycles. The largest absolute Gasteiger partial charge is 0.477 e. The monoisotopic (exact) mass is 482 g/mol. The second kappa shape index (κ2) is 8.87. The summed E-state index contributed by atoms with van der Waals surface area (Å²) in [5.74, 6) is 0.0713. The van der Waals surface area contributed by atoms with Gasteiger partial charge in [-0.2, -0.15) is 0 Å². The third-order valence-electron chi connectivity index (χ3n) is 5.95. The first-order chi connectivity index (χ1) is 16.0. The average molecular weight is 483 g/mol. The number of nitrogens with one attached hydrogen (secondary N) is 1. The van der Waals surface area contributed by atoms with Crippen LogP contribution in [-0.2, 0) is 20.2 Å². The second-order valence-electron chi connectivity index (χ2n) is 9.44. The van der Waals surface area contributed by atoms with Crippen molar-refractivity contribution in [2.45, 2.75) is 43.9 Å². The molecule has 0 radical (unpaired) electrons. The van der Waals surface area contributed by atoms with Gasteiger partial charge in [-0.15, -0.1) is 0 Å². The van der Waals surface area contributed by atoms with Gasteiger partial charge >= 0.3 is 0 Å². The van der Waals surface area contributed by atoms with Crippen molar-refractivity contribution in [2.24, 2.45) is 5.92 Å². The molecule has 3 aromatic rings. The number of pyridine rings is 2. The smallest absolute Gasteiger partial charge is 0.264 e. The number of carbonyl (C=O) groups excluding carboxylic acids is 1. The second-order valence-corrected chi connectivity index (χ2v) is 11.1. The molecule has 0 unspecified atom stereocenters. The summed E-state index contributed by atoms with van der Waals surface area (Å²) in [5, 5.41) is 0.468. The lowest BCUT2D eigenvalue weighted by molar-refractivity contribution is -0.121. The number of amides is 1. The number of aryl methyl sites for hydroxylation is 1. The molecule has 2 heterocycles.